The highest BCUT2D eigenvalue weighted by atomic mass is 35.5. The molecule has 0 radical (unpaired) electrons. The molecule has 0 saturated carbocycles. The first-order valence-electron chi connectivity index (χ1n) is 9.65. The number of nitrogens with zero attached hydrogens (tertiary/aromatic N) is 2. The van der Waals surface area contributed by atoms with Crippen LogP contribution < -0.4 is 10.1 Å². The van der Waals surface area contributed by atoms with E-state index in [1.54, 1.807) is 6.20 Å². The van der Waals surface area contributed by atoms with Crippen molar-refractivity contribution < 1.29 is 40.3 Å². The molecule has 2 heterocycles. The quantitative estimate of drug-likeness (QED) is 0.191. The van der Waals surface area contributed by atoms with Crippen molar-refractivity contribution >= 4 is 23.3 Å². The topological polar surface area (TPSA) is 69.3 Å². The van der Waals surface area contributed by atoms with E-state index in [4.69, 9.17) is 16.0 Å². The number of carbonyl (C=O) groups is 1. The van der Waals surface area contributed by atoms with Gasteiger partial charge in [-0.15, -0.1) is 0 Å². The molecule has 13 heteroatoms. The van der Waals surface area contributed by atoms with Crippen molar-refractivity contribution in [2.75, 3.05) is 5.32 Å². The van der Waals surface area contributed by atoms with Crippen LogP contribution in [0.4, 0.5) is 32.2 Å². The summed E-state index contributed by atoms with van der Waals surface area (Å²) in [5.41, 5.74) is 0.596. The number of furan rings is 1. The van der Waals surface area contributed by atoms with Crippen molar-refractivity contribution in [2.45, 2.75) is 13.2 Å². The molecule has 0 saturated heterocycles. The maximum absolute atomic E-state index is 13.7. The van der Waals surface area contributed by atoms with E-state index < -0.39 is 53.2 Å². The molecule has 6 nitrogen and oxygen atoms in total. The number of amides is 1. The second-order valence-corrected chi connectivity index (χ2v) is 7.45. The Morgan fingerprint density at radius 1 is 0.971 bits per heavy atom. The van der Waals surface area contributed by atoms with Gasteiger partial charge in [0.25, 0.3) is 5.91 Å². The summed E-state index contributed by atoms with van der Waals surface area (Å²) < 4.78 is 91.5. The molecule has 182 valence electrons. The van der Waals surface area contributed by atoms with Gasteiger partial charge in [0.1, 0.15) is 18.2 Å². The maximum atomic E-state index is 13.7. The molecule has 0 aliphatic heterocycles. The zero-order valence-corrected chi connectivity index (χ0v) is 18.0. The van der Waals surface area contributed by atoms with E-state index in [0.717, 1.165) is 6.07 Å². The summed E-state index contributed by atoms with van der Waals surface area (Å²) in [7, 11) is 0. The minimum atomic E-state index is -2.31. The average Bonchev–Trinajstić information content (AvgIpc) is 3.48. The first-order chi connectivity index (χ1) is 16.6. The summed E-state index contributed by atoms with van der Waals surface area (Å²) >= 11 is 5.99. The lowest BCUT2D eigenvalue weighted by molar-refractivity contribution is 0.0991. The van der Waals surface area contributed by atoms with E-state index in [0.29, 0.717) is 5.56 Å². The number of ether oxygens (including phenoxy) is 1. The number of halogens is 7. The molecule has 0 fully saturated rings. The van der Waals surface area contributed by atoms with Gasteiger partial charge >= 0.3 is 0 Å². The van der Waals surface area contributed by atoms with E-state index in [2.05, 4.69) is 15.2 Å². The second kappa shape index (κ2) is 9.74. The smallest absolute Gasteiger partial charge is 0.292 e. The molecule has 0 aliphatic carbocycles. The Balaban J connectivity index is 1.39. The van der Waals surface area contributed by atoms with Gasteiger partial charge in [-0.1, -0.05) is 17.7 Å². The van der Waals surface area contributed by atoms with Crippen LogP contribution in [-0.2, 0) is 13.2 Å². The fraction of sp³-hybridized carbons (Fsp3) is 0.0909. The van der Waals surface area contributed by atoms with E-state index in [9.17, 15) is 31.1 Å². The van der Waals surface area contributed by atoms with Crippen molar-refractivity contribution in [1.82, 2.24) is 9.78 Å². The largest absolute Gasteiger partial charge is 0.479 e. The molecule has 4 aromatic rings. The second-order valence-electron chi connectivity index (χ2n) is 7.04. The molecular weight excluding hydrogens is 504 g/mol. The lowest BCUT2D eigenvalue weighted by atomic mass is 10.2. The summed E-state index contributed by atoms with van der Waals surface area (Å²) in [6.07, 6.45) is 1.54. The van der Waals surface area contributed by atoms with Crippen LogP contribution in [0, 0.1) is 34.9 Å². The van der Waals surface area contributed by atoms with Crippen LogP contribution in [0.5, 0.6) is 5.75 Å². The van der Waals surface area contributed by atoms with Crippen molar-refractivity contribution in [3.63, 3.8) is 0 Å². The molecule has 0 bridgehead atoms. The molecule has 0 atom stereocenters. The van der Waals surface area contributed by atoms with Crippen molar-refractivity contribution in [2.24, 2.45) is 0 Å². The number of carbonyl (C=O) groups excluding carboxylic acids is 1. The highest BCUT2D eigenvalue weighted by Crippen LogP contribution is 2.30. The Kier molecular flexibility index (Phi) is 6.74. The highest BCUT2D eigenvalue weighted by Gasteiger charge is 2.27. The van der Waals surface area contributed by atoms with Crippen molar-refractivity contribution in [1.29, 1.82) is 0 Å². The fourth-order valence-corrected chi connectivity index (χ4v) is 3.18. The normalized spacial score (nSPS) is 11.1. The first kappa shape index (κ1) is 24.2. The molecular formula is C22H12ClF6N3O3. The fourth-order valence-electron chi connectivity index (χ4n) is 2.95. The van der Waals surface area contributed by atoms with Gasteiger partial charge in [-0.3, -0.25) is 9.48 Å². The monoisotopic (exact) mass is 515 g/mol. The minimum absolute atomic E-state index is 0.129. The van der Waals surface area contributed by atoms with Crippen LogP contribution in [0.1, 0.15) is 21.9 Å². The number of hydrogen-bond donors (Lipinski definition) is 1. The third kappa shape index (κ3) is 5.11. The molecule has 1 amide bonds. The van der Waals surface area contributed by atoms with Crippen molar-refractivity contribution in [3.8, 4) is 5.75 Å². The van der Waals surface area contributed by atoms with E-state index >= 15 is 0 Å². The number of benzene rings is 2. The Labute approximate surface area is 197 Å². The molecule has 0 aliphatic rings. The predicted octanol–water partition coefficient (Wildman–Crippen LogP) is 5.84. The van der Waals surface area contributed by atoms with Gasteiger partial charge in [-0.2, -0.15) is 13.9 Å². The number of aromatic nitrogens is 2. The number of rotatable bonds is 7. The number of anilines is 1. The Bertz CT molecular complexity index is 1390. The zero-order chi connectivity index (χ0) is 25.3. The van der Waals surface area contributed by atoms with Gasteiger partial charge in [-0.25, -0.2) is 17.6 Å². The van der Waals surface area contributed by atoms with E-state index in [1.165, 1.54) is 35.0 Å². The Morgan fingerprint density at radius 3 is 2.34 bits per heavy atom. The molecule has 1 N–H and O–H groups in total. The molecule has 35 heavy (non-hydrogen) atoms. The van der Waals surface area contributed by atoms with Gasteiger partial charge < -0.3 is 14.5 Å². The number of nitrogens with one attached hydrogen (secondary N) is 1. The Morgan fingerprint density at radius 2 is 1.66 bits per heavy atom. The molecule has 0 spiro atoms. The lowest BCUT2D eigenvalue weighted by Gasteiger charge is -2.09. The maximum Gasteiger partial charge on any atom is 0.292 e. The zero-order valence-electron chi connectivity index (χ0n) is 17.2. The minimum Gasteiger partial charge on any atom is -0.479 e. The third-order valence-electron chi connectivity index (χ3n) is 4.64. The number of hydrogen-bond acceptors (Lipinski definition) is 4. The van der Waals surface area contributed by atoms with Crippen molar-refractivity contribution in [3.05, 3.63) is 99.6 Å². The Hall–Kier alpha value is -3.93. The van der Waals surface area contributed by atoms with Gasteiger partial charge in [-0.05, 0) is 29.8 Å². The van der Waals surface area contributed by atoms with Crippen LogP contribution in [0.25, 0.3) is 0 Å². The SMILES string of the molecule is O=C(Nc1ccn(Cc2ccc(F)cc2Cl)n1)c1ccc(COc2c(F)c(F)c(F)c(F)c2F)o1. The van der Waals surface area contributed by atoms with Crippen LogP contribution in [0.15, 0.2) is 47.0 Å². The van der Waals surface area contributed by atoms with E-state index in [1.807, 2.05) is 0 Å². The van der Waals surface area contributed by atoms with Crippen LogP contribution in [-0.4, -0.2) is 15.7 Å². The van der Waals surface area contributed by atoms with Crippen LogP contribution >= 0.6 is 11.6 Å². The summed E-state index contributed by atoms with van der Waals surface area (Å²) in [6.45, 7) is -0.520. The predicted molar refractivity (Wildman–Crippen MR) is 110 cm³/mol. The third-order valence-corrected chi connectivity index (χ3v) is 5.00. The molecule has 0 unspecified atom stereocenters. The van der Waals surface area contributed by atoms with Crippen LogP contribution in [0.2, 0.25) is 5.02 Å². The lowest BCUT2D eigenvalue weighted by Crippen LogP contribution is -2.12. The van der Waals surface area contributed by atoms with Gasteiger partial charge in [0.2, 0.25) is 29.1 Å². The van der Waals surface area contributed by atoms with Crippen LogP contribution in [0.3, 0.4) is 0 Å². The summed E-state index contributed by atoms with van der Waals surface area (Å²) in [5, 5.41) is 6.81. The van der Waals surface area contributed by atoms with E-state index in [-0.39, 0.29) is 28.9 Å². The molecule has 2 aromatic heterocycles. The first-order valence-corrected chi connectivity index (χ1v) is 10.0. The molecule has 2 aromatic carbocycles. The average molecular weight is 516 g/mol. The van der Waals surface area contributed by atoms with Gasteiger partial charge in [0.05, 0.1) is 6.54 Å². The van der Waals surface area contributed by atoms with Gasteiger partial charge in [0.15, 0.2) is 17.3 Å². The standard InChI is InChI=1S/C22H12ClF6N3O3/c23-13-7-11(24)2-1-10(13)8-32-6-5-15(31-32)30-22(33)14-4-3-12(35-14)9-34-21-19(28)17(26)16(25)18(27)20(21)29/h1-7H,8-9H2,(H,30,31,33). The summed E-state index contributed by atoms with van der Waals surface area (Å²) in [5.74, 6) is -13.8. The summed E-state index contributed by atoms with van der Waals surface area (Å²) in [4.78, 5) is 12.4. The molecule has 4 rings (SSSR count). The van der Waals surface area contributed by atoms with Gasteiger partial charge in [0, 0.05) is 17.3 Å². The summed E-state index contributed by atoms with van der Waals surface area (Å²) in [6, 6.07) is 7.81. The highest BCUT2D eigenvalue weighted by molar-refractivity contribution is 6.31.